The molecule has 8 N–H and O–H groups in total. The Morgan fingerprint density at radius 2 is 1.85 bits per heavy atom. The van der Waals surface area contributed by atoms with Gasteiger partial charge in [-0.25, -0.2) is 20.2 Å². The van der Waals surface area contributed by atoms with Crippen molar-refractivity contribution in [2.75, 3.05) is 30.0 Å². The molecule has 1 saturated heterocycles. The Hall–Kier alpha value is -5.78. The third-order valence-corrected chi connectivity index (χ3v) is 9.06. The van der Waals surface area contributed by atoms with Crippen molar-refractivity contribution in [2.24, 2.45) is 11.0 Å². The average molecular weight is 742 g/mol. The monoisotopic (exact) mass is 741 g/mol. The van der Waals surface area contributed by atoms with Gasteiger partial charge in [0, 0.05) is 43.9 Å². The van der Waals surface area contributed by atoms with Crippen LogP contribution in [-0.4, -0.2) is 90.5 Å². The number of anilines is 3. The lowest BCUT2D eigenvalue weighted by molar-refractivity contribution is -0.202. The Morgan fingerprint density at radius 1 is 1.11 bits per heavy atom. The lowest BCUT2D eigenvalue weighted by atomic mass is 9.82. The number of carboxylic acid groups (broad SMARTS) is 1. The summed E-state index contributed by atoms with van der Waals surface area (Å²) < 4.78 is 0. The molecule has 2 aromatic carbocycles. The number of hydrazone groups is 1. The van der Waals surface area contributed by atoms with Crippen LogP contribution in [0.25, 0.3) is 11.2 Å². The van der Waals surface area contributed by atoms with Gasteiger partial charge in [0.2, 0.25) is 11.9 Å². The van der Waals surface area contributed by atoms with Crippen molar-refractivity contribution in [1.82, 2.24) is 35.7 Å². The fraction of sp³-hybridized carbons (Fsp3) is 0.405. The summed E-state index contributed by atoms with van der Waals surface area (Å²) in [6.07, 6.45) is 4.32. The first-order chi connectivity index (χ1) is 25.9. The minimum atomic E-state index is -1.31. The molecule has 0 unspecified atom stereocenters. The Labute approximate surface area is 312 Å². The summed E-state index contributed by atoms with van der Waals surface area (Å²) in [5, 5.41) is 28.3. The highest BCUT2D eigenvalue weighted by Crippen LogP contribution is 2.40. The number of rotatable bonds is 17. The van der Waals surface area contributed by atoms with Gasteiger partial charge in [0.15, 0.2) is 17.0 Å². The maximum atomic E-state index is 13.0. The van der Waals surface area contributed by atoms with Crippen molar-refractivity contribution in [3.8, 4) is 0 Å². The van der Waals surface area contributed by atoms with Gasteiger partial charge in [0.05, 0.1) is 30.6 Å². The number of aliphatic hydroxyl groups is 1. The summed E-state index contributed by atoms with van der Waals surface area (Å²) >= 11 is 0. The third kappa shape index (κ3) is 10.2. The maximum Gasteiger partial charge on any atom is 0.326 e. The average Bonchev–Trinajstić information content (AvgIpc) is 3.48. The van der Waals surface area contributed by atoms with E-state index in [1.54, 1.807) is 36.7 Å². The van der Waals surface area contributed by atoms with E-state index in [0.717, 1.165) is 17.7 Å². The lowest BCUT2D eigenvalue weighted by Gasteiger charge is -2.37. The first kappa shape index (κ1) is 39.4. The molecule has 0 spiro atoms. The lowest BCUT2D eigenvalue weighted by Crippen LogP contribution is -2.44. The van der Waals surface area contributed by atoms with Crippen LogP contribution < -0.4 is 27.1 Å². The number of hydroxylamine groups is 2. The van der Waals surface area contributed by atoms with Gasteiger partial charge in [0.1, 0.15) is 12.1 Å². The van der Waals surface area contributed by atoms with Crippen LogP contribution in [0, 0.1) is 5.92 Å². The molecule has 1 aliphatic heterocycles. The van der Waals surface area contributed by atoms with E-state index in [-0.39, 0.29) is 42.9 Å². The quantitative estimate of drug-likeness (QED) is 0.0673. The molecule has 3 heterocycles. The molecule has 5 rings (SSSR count). The molecule has 1 fully saturated rings. The van der Waals surface area contributed by atoms with Gasteiger partial charge in [-0.05, 0) is 55.0 Å². The maximum absolute atomic E-state index is 13.0. The molecule has 0 bridgehead atoms. The van der Waals surface area contributed by atoms with Crippen molar-refractivity contribution >= 4 is 52.6 Å². The molecule has 0 radical (unpaired) electrons. The summed E-state index contributed by atoms with van der Waals surface area (Å²) in [4.78, 5) is 62.4. The van der Waals surface area contributed by atoms with Crippen LogP contribution in [0.1, 0.15) is 67.6 Å². The molecule has 0 aliphatic carbocycles. The van der Waals surface area contributed by atoms with Crippen molar-refractivity contribution < 1.29 is 29.4 Å². The molecule has 3 atom stereocenters. The molecular formula is C37H47N11O6. The van der Waals surface area contributed by atoms with Crippen LogP contribution in [0.2, 0.25) is 0 Å². The van der Waals surface area contributed by atoms with Crippen molar-refractivity contribution in [3.05, 3.63) is 77.6 Å². The smallest absolute Gasteiger partial charge is 0.326 e. The minimum absolute atomic E-state index is 0.0100. The van der Waals surface area contributed by atoms with Crippen molar-refractivity contribution in [1.29, 1.82) is 0 Å². The first-order valence-corrected chi connectivity index (χ1v) is 17.6. The zero-order valence-corrected chi connectivity index (χ0v) is 30.6. The van der Waals surface area contributed by atoms with E-state index in [4.69, 9.17) is 16.3 Å². The second-order valence-corrected chi connectivity index (χ2v) is 13.8. The highest BCUT2D eigenvalue weighted by Gasteiger charge is 2.46. The fourth-order valence-electron chi connectivity index (χ4n) is 6.54. The van der Waals surface area contributed by atoms with E-state index in [0.29, 0.717) is 48.7 Å². The highest BCUT2D eigenvalue weighted by molar-refractivity contribution is 5.97. The normalized spacial score (nSPS) is 17.9. The number of carbonyl (C=O) groups excluding carboxylic acids is 2. The van der Waals surface area contributed by atoms with Gasteiger partial charge in [-0.3, -0.25) is 14.4 Å². The number of fused-ring (bicyclic) bond motifs is 1. The van der Waals surface area contributed by atoms with Crippen LogP contribution in [0.15, 0.2) is 65.9 Å². The zero-order valence-electron chi connectivity index (χ0n) is 30.6. The molecule has 54 heavy (non-hydrogen) atoms. The predicted molar refractivity (Wildman–Crippen MR) is 203 cm³/mol. The second-order valence-electron chi connectivity index (χ2n) is 13.8. The van der Waals surface area contributed by atoms with Crippen molar-refractivity contribution in [2.45, 2.75) is 76.7 Å². The Morgan fingerprint density at radius 3 is 2.54 bits per heavy atom. The summed E-state index contributed by atoms with van der Waals surface area (Å²) in [6, 6.07) is 15.2. The predicted octanol–water partition coefficient (Wildman–Crippen LogP) is 2.66. The zero-order chi connectivity index (χ0) is 38.8. The molecule has 17 nitrogen and oxygen atoms in total. The number of carbonyl (C=O) groups is 3. The number of carboxylic acids is 1. The number of hydrogen-bond acceptors (Lipinski definition) is 14. The molecular weight excluding hydrogens is 694 g/mol. The number of nitrogens with zero attached hydrogens (tertiary/aromatic N) is 7. The van der Waals surface area contributed by atoms with E-state index >= 15 is 0 Å². The Kier molecular flexibility index (Phi) is 13.0. The summed E-state index contributed by atoms with van der Waals surface area (Å²) in [5.41, 5.74) is 16.9. The van der Waals surface area contributed by atoms with Gasteiger partial charge < -0.3 is 31.9 Å². The van der Waals surface area contributed by atoms with Gasteiger partial charge in [-0.2, -0.15) is 20.1 Å². The fourth-order valence-corrected chi connectivity index (χ4v) is 6.54. The number of nitrogen functional groups attached to an aromatic ring is 2. The number of aromatic nitrogens is 4. The number of hydrogen-bond donors (Lipinski definition) is 6. The van der Waals surface area contributed by atoms with Crippen LogP contribution in [0.4, 0.5) is 17.5 Å². The van der Waals surface area contributed by atoms with Gasteiger partial charge in [-0.1, -0.05) is 44.2 Å². The van der Waals surface area contributed by atoms with Crippen LogP contribution in [0.5, 0.6) is 0 Å². The van der Waals surface area contributed by atoms with E-state index in [2.05, 4.69) is 49.6 Å². The number of nitrogens with two attached hydrogens (primary N) is 2. The van der Waals surface area contributed by atoms with E-state index in [1.165, 1.54) is 0 Å². The molecule has 2 aromatic heterocycles. The van der Waals surface area contributed by atoms with E-state index in [1.807, 2.05) is 47.3 Å². The molecule has 0 saturated carbocycles. The third-order valence-electron chi connectivity index (χ3n) is 9.06. The number of amides is 2. The Bertz CT molecular complexity index is 1950. The van der Waals surface area contributed by atoms with Gasteiger partial charge in [-0.15, -0.1) is 0 Å². The van der Waals surface area contributed by atoms with Gasteiger partial charge >= 0.3 is 5.97 Å². The standard InChI is InChI=1S/C37H47N11O6/c1-23(2)17-37(18-28(22-49)54-48(37)20-24-7-5-4-6-8-24)15-16-41-46-30(50)14-13-29(35(52)53)43-34(51)25-9-11-27(12-10-25)47(3)21-26-19-40-33-31(42-26)32(38)44-36(39)45-33/h4-12,16,19,23,28-29,49H,13-15,17-18,20-22H2,1-3H3,(H,43,51)(H,46,50)(H,52,53)(H4,38,39,40,44,45)/b41-16+/t28-,29+,37-/m1/s1. The second kappa shape index (κ2) is 17.8. The Balaban J connectivity index is 1.12. The van der Waals surface area contributed by atoms with E-state index in [9.17, 15) is 24.6 Å². The molecule has 2 amide bonds. The van der Waals surface area contributed by atoms with Gasteiger partial charge in [0.25, 0.3) is 5.91 Å². The van der Waals surface area contributed by atoms with Crippen LogP contribution in [0.3, 0.4) is 0 Å². The highest BCUT2D eigenvalue weighted by atomic mass is 16.7. The minimum Gasteiger partial charge on any atom is -0.480 e. The SMILES string of the molecule is CC(C)C[C@]1(C/C=N/NC(=O)CC[C@H](NC(=O)c2ccc(N(C)Cc3cnc4nc(N)nc(N)c4n3)cc2)C(=O)O)C[C@H](CO)ON1Cc1ccccc1. The molecule has 4 aromatic rings. The molecule has 1 aliphatic rings. The summed E-state index contributed by atoms with van der Waals surface area (Å²) in [6.45, 7) is 5.01. The molecule has 17 heteroatoms. The largest absolute Gasteiger partial charge is 0.480 e. The number of nitrogens with one attached hydrogen (secondary N) is 2. The first-order valence-electron chi connectivity index (χ1n) is 17.6. The van der Waals surface area contributed by atoms with Crippen LogP contribution in [-0.2, 0) is 27.5 Å². The topological polar surface area (TPSA) is 247 Å². The number of benzene rings is 2. The molecule has 286 valence electrons. The summed E-state index contributed by atoms with van der Waals surface area (Å²) in [5.74, 6) is -1.90. The van der Waals surface area contributed by atoms with Crippen LogP contribution >= 0.6 is 0 Å². The van der Waals surface area contributed by atoms with E-state index < -0.39 is 29.4 Å². The summed E-state index contributed by atoms with van der Waals surface area (Å²) in [7, 11) is 1.83. The number of aliphatic carboxylic acids is 1. The van der Waals surface area contributed by atoms with Crippen molar-refractivity contribution in [3.63, 3.8) is 0 Å². The number of aliphatic hydroxyl groups excluding tert-OH is 1.